The molecule has 8 nitrogen and oxygen atoms in total. The van der Waals surface area contributed by atoms with Crippen LogP contribution in [-0.4, -0.2) is 41.9 Å². The SMILES string of the molecule is CN(c1ccc(F)c(S(C)(=O)=O)c1)c1nccc(Nc2n[nH]c3ccc(F)cc23)n1. The first-order valence-electron chi connectivity index (χ1n) is 8.69. The van der Waals surface area contributed by atoms with Crippen LogP contribution in [0.1, 0.15) is 0 Å². The number of anilines is 4. The van der Waals surface area contributed by atoms with Crippen molar-refractivity contribution in [3.63, 3.8) is 0 Å². The topological polar surface area (TPSA) is 104 Å². The second-order valence-corrected chi connectivity index (χ2v) is 8.56. The Bertz CT molecular complexity index is 1360. The van der Waals surface area contributed by atoms with E-state index in [9.17, 15) is 17.2 Å². The van der Waals surface area contributed by atoms with E-state index >= 15 is 0 Å². The summed E-state index contributed by atoms with van der Waals surface area (Å²) in [6.45, 7) is 0. The maximum atomic E-state index is 13.9. The fourth-order valence-corrected chi connectivity index (χ4v) is 3.64. The number of sulfone groups is 1. The smallest absolute Gasteiger partial charge is 0.231 e. The van der Waals surface area contributed by atoms with Gasteiger partial charge < -0.3 is 10.2 Å². The normalized spacial score (nSPS) is 11.6. The second-order valence-electron chi connectivity index (χ2n) is 6.57. The molecule has 2 aromatic heterocycles. The number of fused-ring (bicyclic) bond motifs is 1. The van der Waals surface area contributed by atoms with Crippen molar-refractivity contribution in [2.75, 3.05) is 23.5 Å². The highest BCUT2D eigenvalue weighted by Crippen LogP contribution is 2.27. The average molecular weight is 430 g/mol. The molecule has 0 aliphatic heterocycles. The molecule has 2 N–H and O–H groups in total. The lowest BCUT2D eigenvalue weighted by Crippen LogP contribution is -2.14. The first kappa shape index (κ1) is 19.7. The molecule has 0 fully saturated rings. The highest BCUT2D eigenvalue weighted by molar-refractivity contribution is 7.90. The van der Waals surface area contributed by atoms with Gasteiger partial charge in [-0.15, -0.1) is 0 Å². The zero-order chi connectivity index (χ0) is 21.5. The van der Waals surface area contributed by atoms with Crippen LogP contribution in [0.25, 0.3) is 10.9 Å². The molecule has 0 saturated heterocycles. The molecule has 0 spiro atoms. The second kappa shape index (κ2) is 7.34. The number of aromatic amines is 1. The van der Waals surface area contributed by atoms with Crippen LogP contribution in [0.4, 0.5) is 32.1 Å². The minimum atomic E-state index is -3.74. The molecule has 0 amide bonds. The third-order valence-corrected chi connectivity index (χ3v) is 5.53. The van der Waals surface area contributed by atoms with E-state index in [2.05, 4.69) is 25.5 Å². The Hall–Kier alpha value is -3.60. The molecule has 0 saturated carbocycles. The van der Waals surface area contributed by atoms with Crippen LogP contribution in [-0.2, 0) is 9.84 Å². The zero-order valence-corrected chi connectivity index (χ0v) is 16.7. The molecule has 0 bridgehead atoms. The Balaban J connectivity index is 1.65. The van der Waals surface area contributed by atoms with Crippen LogP contribution in [0, 0.1) is 11.6 Å². The Morgan fingerprint density at radius 2 is 1.90 bits per heavy atom. The van der Waals surface area contributed by atoms with Gasteiger partial charge >= 0.3 is 0 Å². The maximum absolute atomic E-state index is 13.9. The zero-order valence-electron chi connectivity index (χ0n) is 15.9. The summed E-state index contributed by atoms with van der Waals surface area (Å²) in [5.74, 6) is -0.221. The van der Waals surface area contributed by atoms with E-state index in [4.69, 9.17) is 0 Å². The highest BCUT2D eigenvalue weighted by Gasteiger charge is 2.17. The summed E-state index contributed by atoms with van der Waals surface area (Å²) in [5.41, 5.74) is 1.05. The van der Waals surface area contributed by atoms with Crippen LogP contribution in [0.15, 0.2) is 53.6 Å². The standard InChI is InChI=1S/C19H16F2N6O2S/c1-27(12-4-5-14(21)16(10-12)30(2,28)29)19-22-8-7-17(24-19)23-18-13-9-11(20)3-6-15(13)25-26-18/h3-10H,1-2H3,(H2,22,23,24,25,26). The highest BCUT2D eigenvalue weighted by atomic mass is 32.2. The number of aromatic nitrogens is 4. The van der Waals surface area contributed by atoms with E-state index in [0.29, 0.717) is 28.2 Å². The Kier molecular flexibility index (Phi) is 4.82. The van der Waals surface area contributed by atoms with Crippen LogP contribution in [0.5, 0.6) is 0 Å². The molecular formula is C19H16F2N6O2S. The molecule has 0 radical (unpaired) electrons. The number of hydrogen-bond acceptors (Lipinski definition) is 7. The van der Waals surface area contributed by atoms with Crippen LogP contribution in [0.2, 0.25) is 0 Å². The minimum absolute atomic E-state index is 0.233. The first-order valence-corrected chi connectivity index (χ1v) is 10.6. The summed E-state index contributed by atoms with van der Waals surface area (Å²) in [5, 5.41) is 10.5. The number of nitrogens with zero attached hydrogens (tertiary/aromatic N) is 4. The van der Waals surface area contributed by atoms with Crippen molar-refractivity contribution in [3.8, 4) is 0 Å². The number of halogens is 2. The van der Waals surface area contributed by atoms with Gasteiger partial charge in [0, 0.05) is 30.6 Å². The Morgan fingerprint density at radius 1 is 1.10 bits per heavy atom. The average Bonchev–Trinajstić information content (AvgIpc) is 3.09. The van der Waals surface area contributed by atoms with Gasteiger partial charge in [-0.1, -0.05) is 0 Å². The van der Waals surface area contributed by atoms with Crippen molar-refractivity contribution in [3.05, 3.63) is 60.3 Å². The Labute approximate surface area is 170 Å². The predicted octanol–water partition coefficient (Wildman–Crippen LogP) is 3.55. The molecule has 4 rings (SSSR count). The molecule has 0 unspecified atom stereocenters. The first-order chi connectivity index (χ1) is 14.2. The van der Waals surface area contributed by atoms with Gasteiger partial charge in [0.1, 0.15) is 22.3 Å². The van der Waals surface area contributed by atoms with Crippen molar-refractivity contribution in [2.45, 2.75) is 4.90 Å². The molecule has 154 valence electrons. The largest absolute Gasteiger partial charge is 0.323 e. The summed E-state index contributed by atoms with van der Waals surface area (Å²) >= 11 is 0. The van der Waals surface area contributed by atoms with Gasteiger partial charge in [0.25, 0.3) is 0 Å². The van der Waals surface area contributed by atoms with E-state index < -0.39 is 26.4 Å². The molecule has 2 aromatic carbocycles. The summed E-state index contributed by atoms with van der Waals surface area (Å²) < 4.78 is 51.0. The van der Waals surface area contributed by atoms with Crippen molar-refractivity contribution < 1.29 is 17.2 Å². The van der Waals surface area contributed by atoms with Crippen molar-refractivity contribution in [1.29, 1.82) is 0 Å². The number of nitrogens with one attached hydrogen (secondary N) is 2. The predicted molar refractivity (Wildman–Crippen MR) is 109 cm³/mol. The Morgan fingerprint density at radius 3 is 2.67 bits per heavy atom. The van der Waals surface area contributed by atoms with Gasteiger partial charge in [-0.2, -0.15) is 10.1 Å². The fourth-order valence-electron chi connectivity index (χ4n) is 2.88. The third kappa shape index (κ3) is 3.79. The molecule has 11 heteroatoms. The number of H-pyrrole nitrogens is 1. The lowest BCUT2D eigenvalue weighted by Gasteiger charge is -2.18. The number of rotatable bonds is 5. The molecule has 2 heterocycles. The molecular weight excluding hydrogens is 414 g/mol. The van der Waals surface area contributed by atoms with Gasteiger partial charge in [0.2, 0.25) is 5.95 Å². The summed E-state index contributed by atoms with van der Waals surface area (Å²) in [6.07, 6.45) is 2.44. The van der Waals surface area contributed by atoms with Gasteiger partial charge in [0.05, 0.1) is 5.52 Å². The van der Waals surface area contributed by atoms with E-state index in [1.54, 1.807) is 19.2 Å². The lowest BCUT2D eigenvalue weighted by atomic mass is 10.2. The summed E-state index contributed by atoms with van der Waals surface area (Å²) in [4.78, 5) is 9.66. The number of benzene rings is 2. The summed E-state index contributed by atoms with van der Waals surface area (Å²) in [7, 11) is -2.11. The fraction of sp³-hybridized carbons (Fsp3) is 0.105. The van der Waals surface area contributed by atoms with E-state index in [-0.39, 0.29) is 5.95 Å². The molecule has 30 heavy (non-hydrogen) atoms. The van der Waals surface area contributed by atoms with Crippen LogP contribution in [0.3, 0.4) is 0 Å². The van der Waals surface area contributed by atoms with Crippen LogP contribution >= 0.6 is 0 Å². The minimum Gasteiger partial charge on any atom is -0.323 e. The van der Waals surface area contributed by atoms with Crippen molar-refractivity contribution >= 4 is 44.0 Å². The van der Waals surface area contributed by atoms with E-state index in [1.165, 1.54) is 35.4 Å². The van der Waals surface area contributed by atoms with Crippen LogP contribution < -0.4 is 10.2 Å². The van der Waals surface area contributed by atoms with Gasteiger partial charge in [0.15, 0.2) is 15.7 Å². The summed E-state index contributed by atoms with van der Waals surface area (Å²) in [6, 6.07) is 9.58. The van der Waals surface area contributed by atoms with Gasteiger partial charge in [-0.05, 0) is 42.5 Å². The molecule has 4 aromatic rings. The quantitative estimate of drug-likeness (QED) is 0.499. The van der Waals surface area contributed by atoms with E-state index in [0.717, 1.165) is 12.3 Å². The molecule has 0 aliphatic rings. The van der Waals surface area contributed by atoms with Crippen molar-refractivity contribution in [1.82, 2.24) is 20.2 Å². The molecule has 0 atom stereocenters. The van der Waals surface area contributed by atoms with E-state index in [1.807, 2.05) is 0 Å². The number of hydrogen-bond donors (Lipinski definition) is 2. The third-order valence-electron chi connectivity index (χ3n) is 4.42. The van der Waals surface area contributed by atoms with Gasteiger partial charge in [-0.3, -0.25) is 5.10 Å². The lowest BCUT2D eigenvalue weighted by molar-refractivity contribution is 0.570. The molecule has 0 aliphatic carbocycles. The van der Waals surface area contributed by atoms with Gasteiger partial charge in [-0.25, -0.2) is 22.2 Å². The maximum Gasteiger partial charge on any atom is 0.231 e. The van der Waals surface area contributed by atoms with Crippen molar-refractivity contribution in [2.24, 2.45) is 0 Å². The monoisotopic (exact) mass is 430 g/mol.